The predicted octanol–water partition coefficient (Wildman–Crippen LogP) is -1.89. The van der Waals surface area contributed by atoms with E-state index in [9.17, 15) is 19.2 Å². The number of amides is 4. The van der Waals surface area contributed by atoms with Crippen LogP contribution in [0.1, 0.15) is 13.8 Å². The molecule has 0 unspecified atom stereocenters. The number of nitrogens with zero attached hydrogens (tertiary/aromatic N) is 3. The summed E-state index contributed by atoms with van der Waals surface area (Å²) in [6.07, 6.45) is 0. The molecule has 0 radical (unpaired) electrons. The van der Waals surface area contributed by atoms with Crippen molar-refractivity contribution >= 4 is 23.6 Å². The molecule has 0 atom stereocenters. The van der Waals surface area contributed by atoms with E-state index in [1.807, 2.05) is 6.92 Å². The fourth-order valence-corrected chi connectivity index (χ4v) is 1.75. The Morgan fingerprint density at radius 2 is 1.17 bits per heavy atom. The Morgan fingerprint density at radius 1 is 0.708 bits per heavy atom. The molecule has 0 aromatic heterocycles. The zero-order valence-corrected chi connectivity index (χ0v) is 15.2. The molecule has 0 aliphatic heterocycles. The Kier molecular flexibility index (Phi) is 10.4. The molecule has 138 valence electrons. The molecule has 0 aromatic rings. The van der Waals surface area contributed by atoms with E-state index >= 15 is 0 Å². The molecular formula is C15H29N5O4. The van der Waals surface area contributed by atoms with Crippen LogP contribution in [0.5, 0.6) is 0 Å². The van der Waals surface area contributed by atoms with E-state index in [0.29, 0.717) is 13.1 Å². The standard InChI is InChI=1S/C15H29N5O4/c1-6-16-8-13(22)19(4)10-15(24)20(5)11-14(23)18(3)9-12(21)17-7-2/h16H,6-11H2,1-5H3,(H,17,21). The lowest BCUT2D eigenvalue weighted by Crippen LogP contribution is -2.47. The van der Waals surface area contributed by atoms with Crippen molar-refractivity contribution in [3.8, 4) is 0 Å². The largest absolute Gasteiger partial charge is 0.355 e. The molecule has 0 spiro atoms. The van der Waals surface area contributed by atoms with Gasteiger partial charge in [0.25, 0.3) is 0 Å². The van der Waals surface area contributed by atoms with Gasteiger partial charge in [0, 0.05) is 27.7 Å². The maximum absolute atomic E-state index is 12.1. The maximum Gasteiger partial charge on any atom is 0.242 e. The lowest BCUT2D eigenvalue weighted by atomic mass is 10.4. The summed E-state index contributed by atoms with van der Waals surface area (Å²) in [6, 6.07) is 0. The smallest absolute Gasteiger partial charge is 0.242 e. The van der Waals surface area contributed by atoms with Crippen LogP contribution in [0.3, 0.4) is 0 Å². The van der Waals surface area contributed by atoms with Gasteiger partial charge in [-0.15, -0.1) is 0 Å². The van der Waals surface area contributed by atoms with Gasteiger partial charge in [0.1, 0.15) is 0 Å². The summed E-state index contributed by atoms with van der Waals surface area (Å²) in [7, 11) is 4.53. The van der Waals surface area contributed by atoms with Crippen LogP contribution in [0.2, 0.25) is 0 Å². The first-order valence-corrected chi connectivity index (χ1v) is 7.92. The second-order valence-corrected chi connectivity index (χ2v) is 5.48. The molecule has 4 amide bonds. The second kappa shape index (κ2) is 11.4. The maximum atomic E-state index is 12.1. The summed E-state index contributed by atoms with van der Waals surface area (Å²) >= 11 is 0. The van der Waals surface area contributed by atoms with E-state index in [2.05, 4.69) is 10.6 Å². The SMILES string of the molecule is CCNCC(=O)N(C)CC(=O)N(C)CC(=O)N(C)CC(=O)NCC. The average molecular weight is 343 g/mol. The fraction of sp³-hybridized carbons (Fsp3) is 0.733. The Hall–Kier alpha value is -2.16. The van der Waals surface area contributed by atoms with Crippen LogP contribution in [0, 0.1) is 0 Å². The lowest BCUT2D eigenvalue weighted by Gasteiger charge is -2.24. The normalized spacial score (nSPS) is 10.0. The highest BCUT2D eigenvalue weighted by Gasteiger charge is 2.20. The highest BCUT2D eigenvalue weighted by atomic mass is 16.2. The van der Waals surface area contributed by atoms with E-state index in [-0.39, 0.29) is 49.8 Å². The Labute approximate surface area is 143 Å². The van der Waals surface area contributed by atoms with E-state index in [4.69, 9.17) is 0 Å². The van der Waals surface area contributed by atoms with Crippen molar-refractivity contribution in [1.82, 2.24) is 25.3 Å². The minimum absolute atomic E-state index is 0.0597. The van der Waals surface area contributed by atoms with Crippen LogP contribution in [-0.2, 0) is 19.2 Å². The number of carbonyl (C=O) groups is 4. The molecule has 24 heavy (non-hydrogen) atoms. The third-order valence-corrected chi connectivity index (χ3v) is 3.30. The number of rotatable bonds is 10. The quantitative estimate of drug-likeness (QED) is 0.483. The molecule has 0 aliphatic rings. The van der Waals surface area contributed by atoms with Gasteiger partial charge in [0.2, 0.25) is 23.6 Å². The molecule has 2 N–H and O–H groups in total. The first kappa shape index (κ1) is 21.8. The zero-order chi connectivity index (χ0) is 18.7. The first-order chi connectivity index (χ1) is 11.2. The molecule has 9 heteroatoms. The Bertz CT molecular complexity index is 455. The highest BCUT2D eigenvalue weighted by molar-refractivity contribution is 5.90. The predicted molar refractivity (Wildman–Crippen MR) is 90.1 cm³/mol. The third-order valence-electron chi connectivity index (χ3n) is 3.30. The summed E-state index contributed by atoms with van der Waals surface area (Å²) in [5.41, 5.74) is 0. The molecule has 0 aromatic carbocycles. The molecule has 0 rings (SSSR count). The molecule has 0 bridgehead atoms. The van der Waals surface area contributed by atoms with Gasteiger partial charge in [0.05, 0.1) is 26.2 Å². The minimum Gasteiger partial charge on any atom is -0.355 e. The van der Waals surface area contributed by atoms with Crippen LogP contribution in [0.25, 0.3) is 0 Å². The Morgan fingerprint density at radius 3 is 1.62 bits per heavy atom. The summed E-state index contributed by atoms with van der Waals surface area (Å²) in [5, 5.41) is 5.49. The van der Waals surface area contributed by atoms with Crippen LogP contribution < -0.4 is 10.6 Å². The van der Waals surface area contributed by atoms with Crippen molar-refractivity contribution in [3.05, 3.63) is 0 Å². The summed E-state index contributed by atoms with van der Waals surface area (Å²) in [6.45, 7) is 4.69. The van der Waals surface area contributed by atoms with Crippen molar-refractivity contribution in [2.45, 2.75) is 13.8 Å². The molecule has 0 heterocycles. The van der Waals surface area contributed by atoms with Gasteiger partial charge in [0.15, 0.2) is 0 Å². The Balaban J connectivity index is 4.36. The van der Waals surface area contributed by atoms with Gasteiger partial charge >= 0.3 is 0 Å². The second-order valence-electron chi connectivity index (χ2n) is 5.48. The summed E-state index contributed by atoms with van der Waals surface area (Å²) in [5.74, 6) is -1.14. The van der Waals surface area contributed by atoms with Gasteiger partial charge < -0.3 is 25.3 Å². The molecule has 9 nitrogen and oxygen atoms in total. The number of hydrogen-bond donors (Lipinski definition) is 2. The van der Waals surface area contributed by atoms with Gasteiger partial charge in [-0.1, -0.05) is 6.92 Å². The van der Waals surface area contributed by atoms with Crippen LogP contribution in [0.15, 0.2) is 0 Å². The number of nitrogens with one attached hydrogen (secondary N) is 2. The van der Waals surface area contributed by atoms with E-state index in [0.717, 1.165) is 0 Å². The van der Waals surface area contributed by atoms with Crippen LogP contribution in [-0.4, -0.2) is 98.7 Å². The van der Waals surface area contributed by atoms with E-state index in [1.165, 1.54) is 35.8 Å². The average Bonchev–Trinajstić information content (AvgIpc) is 2.52. The number of carbonyl (C=O) groups excluding carboxylic acids is 4. The van der Waals surface area contributed by atoms with Crippen LogP contribution in [0.4, 0.5) is 0 Å². The van der Waals surface area contributed by atoms with Gasteiger partial charge in [-0.3, -0.25) is 19.2 Å². The van der Waals surface area contributed by atoms with E-state index < -0.39 is 0 Å². The molecule has 0 aliphatic carbocycles. The van der Waals surface area contributed by atoms with Gasteiger partial charge in [-0.25, -0.2) is 0 Å². The number of likely N-dealkylation sites (N-methyl/N-ethyl adjacent to an activating group) is 5. The van der Waals surface area contributed by atoms with Crippen molar-refractivity contribution < 1.29 is 19.2 Å². The van der Waals surface area contributed by atoms with Crippen molar-refractivity contribution in [1.29, 1.82) is 0 Å². The first-order valence-electron chi connectivity index (χ1n) is 7.92. The van der Waals surface area contributed by atoms with Gasteiger partial charge in [-0.05, 0) is 13.5 Å². The van der Waals surface area contributed by atoms with Crippen molar-refractivity contribution in [3.63, 3.8) is 0 Å². The highest BCUT2D eigenvalue weighted by Crippen LogP contribution is 1.94. The van der Waals surface area contributed by atoms with Crippen molar-refractivity contribution in [2.24, 2.45) is 0 Å². The molecule has 0 saturated heterocycles. The topological polar surface area (TPSA) is 102 Å². The van der Waals surface area contributed by atoms with Crippen molar-refractivity contribution in [2.75, 3.05) is 60.4 Å². The molecule has 0 fully saturated rings. The summed E-state index contributed by atoms with van der Waals surface area (Å²) < 4.78 is 0. The molecular weight excluding hydrogens is 314 g/mol. The lowest BCUT2D eigenvalue weighted by molar-refractivity contribution is -0.142. The number of hydrogen-bond acceptors (Lipinski definition) is 5. The van der Waals surface area contributed by atoms with E-state index in [1.54, 1.807) is 6.92 Å². The monoisotopic (exact) mass is 343 g/mol. The fourth-order valence-electron chi connectivity index (χ4n) is 1.75. The van der Waals surface area contributed by atoms with Crippen LogP contribution >= 0.6 is 0 Å². The minimum atomic E-state index is -0.348. The zero-order valence-electron chi connectivity index (χ0n) is 15.2. The summed E-state index contributed by atoms with van der Waals surface area (Å²) in [4.78, 5) is 51.1. The third kappa shape index (κ3) is 8.47. The van der Waals surface area contributed by atoms with Gasteiger partial charge in [-0.2, -0.15) is 0 Å². The molecule has 0 saturated carbocycles.